The van der Waals surface area contributed by atoms with Gasteiger partial charge in [0.1, 0.15) is 9.52 Å². The minimum absolute atomic E-state index is 0.838. The predicted molar refractivity (Wildman–Crippen MR) is 50.8 cm³/mol. The van der Waals surface area contributed by atoms with E-state index in [0.29, 0.717) is 0 Å². The van der Waals surface area contributed by atoms with Crippen molar-refractivity contribution in [1.29, 1.82) is 0 Å². The highest BCUT2D eigenvalue weighted by atomic mass is 28.2. The fourth-order valence-electron chi connectivity index (χ4n) is 1.62. The second-order valence-electron chi connectivity index (χ2n) is 2.91. The zero-order chi connectivity index (χ0) is 7.97. The lowest BCUT2D eigenvalue weighted by atomic mass is 10.3. The first kappa shape index (κ1) is 6.26. The molecular formula is C10H7NSi. The van der Waals surface area contributed by atoms with E-state index in [-0.39, 0.29) is 0 Å². The highest BCUT2D eigenvalue weighted by molar-refractivity contribution is 6.69. The van der Waals surface area contributed by atoms with Gasteiger partial charge in [-0.15, -0.1) is 0 Å². The zero-order valence-corrected chi connectivity index (χ0v) is 7.49. The van der Waals surface area contributed by atoms with Crippen LogP contribution in [0.15, 0.2) is 42.6 Å². The highest BCUT2D eigenvalue weighted by Gasteiger charge is 2.16. The van der Waals surface area contributed by atoms with Gasteiger partial charge < -0.3 is 4.57 Å². The molecule has 2 heteroatoms. The van der Waals surface area contributed by atoms with Crippen LogP contribution in [0.25, 0.3) is 5.69 Å². The van der Waals surface area contributed by atoms with E-state index >= 15 is 0 Å². The van der Waals surface area contributed by atoms with Crippen molar-refractivity contribution in [2.24, 2.45) is 0 Å². The fraction of sp³-hybridized carbons (Fsp3) is 0. The van der Waals surface area contributed by atoms with Crippen LogP contribution in [-0.2, 0) is 0 Å². The normalized spacial score (nSPS) is 12.7. The van der Waals surface area contributed by atoms with Gasteiger partial charge in [-0.05, 0) is 23.4 Å². The van der Waals surface area contributed by atoms with Gasteiger partial charge in [0.15, 0.2) is 0 Å². The summed E-state index contributed by atoms with van der Waals surface area (Å²) < 4.78 is 2.27. The summed E-state index contributed by atoms with van der Waals surface area (Å²) in [6, 6.07) is 12.9. The van der Waals surface area contributed by atoms with Crippen LogP contribution < -0.4 is 10.5 Å². The van der Waals surface area contributed by atoms with Crippen molar-refractivity contribution in [3.05, 3.63) is 42.6 Å². The highest BCUT2D eigenvalue weighted by Crippen LogP contribution is 2.07. The first-order chi connectivity index (χ1) is 5.95. The number of fused-ring (bicyclic) bond motifs is 3. The number of benzene rings is 1. The van der Waals surface area contributed by atoms with Gasteiger partial charge >= 0.3 is 0 Å². The van der Waals surface area contributed by atoms with Crippen LogP contribution in [0.3, 0.4) is 0 Å². The topological polar surface area (TPSA) is 4.93 Å². The average molecular weight is 169 g/mol. The molecule has 1 aliphatic rings. The second kappa shape index (κ2) is 2.11. The molecule has 0 spiro atoms. The molecule has 3 rings (SSSR count). The Balaban J connectivity index is 2.34. The molecule has 0 N–H and O–H groups in total. The summed E-state index contributed by atoms with van der Waals surface area (Å²) in [5.41, 5.74) is 1.36. The average Bonchev–Trinajstić information content (AvgIpc) is 2.62. The van der Waals surface area contributed by atoms with Gasteiger partial charge in [0, 0.05) is 17.2 Å². The third-order valence-electron chi connectivity index (χ3n) is 2.18. The van der Waals surface area contributed by atoms with E-state index in [9.17, 15) is 0 Å². The molecule has 2 radical (unpaired) electrons. The minimum atomic E-state index is 0.838. The van der Waals surface area contributed by atoms with Crippen molar-refractivity contribution >= 4 is 20.0 Å². The first-order valence-electron chi connectivity index (χ1n) is 3.99. The lowest BCUT2D eigenvalue weighted by Crippen LogP contribution is -2.20. The van der Waals surface area contributed by atoms with Crippen LogP contribution in [0.1, 0.15) is 0 Å². The fourth-order valence-corrected chi connectivity index (χ4v) is 2.90. The van der Waals surface area contributed by atoms with E-state index in [0.717, 1.165) is 9.52 Å². The van der Waals surface area contributed by atoms with Crippen LogP contribution in [0.5, 0.6) is 0 Å². The van der Waals surface area contributed by atoms with Gasteiger partial charge in [-0.3, -0.25) is 0 Å². The second-order valence-corrected chi connectivity index (χ2v) is 4.21. The van der Waals surface area contributed by atoms with E-state index < -0.39 is 0 Å². The van der Waals surface area contributed by atoms with Crippen molar-refractivity contribution in [2.45, 2.75) is 0 Å². The molecule has 2 heterocycles. The van der Waals surface area contributed by atoms with Gasteiger partial charge in [-0.25, -0.2) is 0 Å². The predicted octanol–water partition coefficient (Wildman–Crippen LogP) is 0.446. The van der Waals surface area contributed by atoms with Gasteiger partial charge in [-0.1, -0.05) is 18.2 Å². The van der Waals surface area contributed by atoms with Crippen LogP contribution in [0.4, 0.5) is 0 Å². The maximum atomic E-state index is 2.27. The maximum Gasteiger partial charge on any atom is 0.148 e. The van der Waals surface area contributed by atoms with E-state index in [1.165, 1.54) is 16.2 Å². The monoisotopic (exact) mass is 169 g/mol. The maximum absolute atomic E-state index is 2.27. The van der Waals surface area contributed by atoms with E-state index in [1.54, 1.807) is 0 Å². The number of hydrogen-bond donors (Lipinski definition) is 0. The van der Waals surface area contributed by atoms with Crippen molar-refractivity contribution in [1.82, 2.24) is 4.57 Å². The van der Waals surface area contributed by atoms with Crippen molar-refractivity contribution in [2.75, 3.05) is 0 Å². The Labute approximate surface area is 73.5 Å². The van der Waals surface area contributed by atoms with E-state index in [2.05, 4.69) is 47.2 Å². The van der Waals surface area contributed by atoms with Crippen LogP contribution in [0, 0.1) is 0 Å². The Morgan fingerprint density at radius 3 is 2.92 bits per heavy atom. The largest absolute Gasteiger partial charge is 0.325 e. The molecule has 0 atom stereocenters. The molecule has 12 heavy (non-hydrogen) atoms. The molecule has 0 saturated heterocycles. The molecule has 56 valence electrons. The Kier molecular flexibility index (Phi) is 1.10. The Bertz CT molecular complexity index is 431. The quantitative estimate of drug-likeness (QED) is 0.430. The molecule has 2 aromatic rings. The lowest BCUT2D eigenvalue weighted by molar-refractivity contribution is 1.14. The first-order valence-corrected chi connectivity index (χ1v) is 4.99. The number of rotatable bonds is 0. The van der Waals surface area contributed by atoms with Gasteiger partial charge in [0.25, 0.3) is 0 Å². The molecule has 1 aromatic carbocycles. The van der Waals surface area contributed by atoms with Crippen LogP contribution >= 0.6 is 0 Å². The standard InChI is InChI=1S/C10H7NSi/c1-2-5-9-8(4-1)11-7-3-6-10(11)12-9/h1-7H. The molecule has 1 aliphatic heterocycles. The van der Waals surface area contributed by atoms with E-state index in [1.807, 2.05) is 0 Å². The van der Waals surface area contributed by atoms with Crippen LogP contribution in [-0.4, -0.2) is 14.1 Å². The molecule has 1 aromatic heterocycles. The summed E-state index contributed by atoms with van der Waals surface area (Å²) in [7, 11) is 0.838. The van der Waals surface area contributed by atoms with Crippen molar-refractivity contribution < 1.29 is 0 Å². The summed E-state index contributed by atoms with van der Waals surface area (Å²) in [6.45, 7) is 0. The molecule has 0 fully saturated rings. The summed E-state index contributed by atoms with van der Waals surface area (Å²) in [5.74, 6) is 0. The van der Waals surface area contributed by atoms with Crippen LogP contribution in [0.2, 0.25) is 0 Å². The number of para-hydroxylation sites is 1. The SMILES string of the molecule is c1ccc2c(c1)[Si]c1cccn1-2. The van der Waals surface area contributed by atoms with Gasteiger partial charge in [0.05, 0.1) is 0 Å². The third kappa shape index (κ3) is 0.676. The molecule has 0 unspecified atom stereocenters. The smallest absolute Gasteiger partial charge is 0.148 e. The number of nitrogens with zero attached hydrogens (tertiary/aromatic N) is 1. The Hall–Kier alpha value is -1.28. The lowest BCUT2D eigenvalue weighted by Gasteiger charge is -1.99. The van der Waals surface area contributed by atoms with E-state index in [4.69, 9.17) is 0 Å². The number of aromatic nitrogens is 1. The number of hydrogen-bond acceptors (Lipinski definition) is 0. The minimum Gasteiger partial charge on any atom is -0.325 e. The summed E-state index contributed by atoms with van der Waals surface area (Å²) in [5, 5.41) is 2.89. The summed E-state index contributed by atoms with van der Waals surface area (Å²) in [6.07, 6.45) is 2.13. The molecule has 0 aliphatic carbocycles. The summed E-state index contributed by atoms with van der Waals surface area (Å²) in [4.78, 5) is 0. The van der Waals surface area contributed by atoms with Crippen molar-refractivity contribution in [3.8, 4) is 5.69 Å². The van der Waals surface area contributed by atoms with Gasteiger partial charge in [0.2, 0.25) is 0 Å². The molecule has 0 saturated carbocycles. The van der Waals surface area contributed by atoms with Crippen molar-refractivity contribution in [3.63, 3.8) is 0 Å². The Morgan fingerprint density at radius 1 is 1.00 bits per heavy atom. The molecule has 0 bridgehead atoms. The molecule has 0 amide bonds. The summed E-state index contributed by atoms with van der Waals surface area (Å²) >= 11 is 0. The molecular weight excluding hydrogens is 162 g/mol. The molecule has 1 nitrogen and oxygen atoms in total. The van der Waals surface area contributed by atoms with Gasteiger partial charge in [-0.2, -0.15) is 0 Å². The Morgan fingerprint density at radius 2 is 1.92 bits per heavy atom. The third-order valence-corrected chi connectivity index (χ3v) is 3.53. The zero-order valence-electron chi connectivity index (χ0n) is 6.49.